The molecule has 0 fully saturated rings. The van der Waals surface area contributed by atoms with Crippen LogP contribution in [0.1, 0.15) is 31.3 Å². The Labute approximate surface area is 95.5 Å². The Hall–Kier alpha value is -1.65. The Bertz CT molecular complexity index is 383. The van der Waals surface area contributed by atoms with Gasteiger partial charge in [-0.25, -0.2) is 14.8 Å². The van der Waals surface area contributed by atoms with E-state index in [2.05, 4.69) is 9.97 Å². The largest absolute Gasteiger partial charge is 0.455 e. The van der Waals surface area contributed by atoms with E-state index in [9.17, 15) is 4.79 Å². The molecule has 16 heavy (non-hydrogen) atoms. The topological polar surface area (TPSA) is 55.3 Å². The minimum Gasteiger partial charge on any atom is -0.455 e. The Morgan fingerprint density at radius 1 is 1.38 bits per heavy atom. The zero-order chi connectivity index (χ0) is 12.3. The van der Waals surface area contributed by atoms with E-state index in [4.69, 9.17) is 4.74 Å². The van der Waals surface area contributed by atoms with E-state index in [1.807, 2.05) is 34.9 Å². The van der Waals surface area contributed by atoms with Gasteiger partial charge in [-0.2, -0.15) is 0 Å². The SMILES string of the molecule is CN(C)c1nccc(C(=O)OC(C)(C)C)n1. The highest BCUT2D eigenvalue weighted by Crippen LogP contribution is 2.11. The predicted octanol–water partition coefficient (Wildman–Crippen LogP) is 1.50. The molecule has 0 atom stereocenters. The number of anilines is 1. The molecule has 0 saturated carbocycles. The van der Waals surface area contributed by atoms with Crippen molar-refractivity contribution in [1.82, 2.24) is 9.97 Å². The van der Waals surface area contributed by atoms with E-state index in [0.717, 1.165) is 0 Å². The van der Waals surface area contributed by atoms with Crippen molar-refractivity contribution in [2.45, 2.75) is 26.4 Å². The summed E-state index contributed by atoms with van der Waals surface area (Å²) in [6, 6.07) is 1.54. The molecule has 0 aliphatic rings. The first kappa shape index (κ1) is 12.4. The van der Waals surface area contributed by atoms with Gasteiger partial charge in [0.25, 0.3) is 0 Å². The summed E-state index contributed by atoms with van der Waals surface area (Å²) in [4.78, 5) is 21.6. The molecule has 0 aromatic carbocycles. The number of ether oxygens (including phenoxy) is 1. The highest BCUT2D eigenvalue weighted by molar-refractivity contribution is 5.87. The van der Waals surface area contributed by atoms with Gasteiger partial charge in [-0.1, -0.05) is 0 Å². The predicted molar refractivity (Wildman–Crippen MR) is 61.5 cm³/mol. The Balaban J connectivity index is 2.88. The number of rotatable bonds is 2. The van der Waals surface area contributed by atoms with E-state index in [0.29, 0.717) is 5.95 Å². The van der Waals surface area contributed by atoms with Gasteiger partial charge in [-0.05, 0) is 26.8 Å². The lowest BCUT2D eigenvalue weighted by Crippen LogP contribution is -2.25. The van der Waals surface area contributed by atoms with Gasteiger partial charge < -0.3 is 9.64 Å². The molecule has 0 aliphatic heterocycles. The average molecular weight is 223 g/mol. The van der Waals surface area contributed by atoms with Crippen LogP contribution < -0.4 is 4.90 Å². The minimum atomic E-state index is -0.514. The molecule has 0 unspecified atom stereocenters. The molecule has 0 saturated heterocycles. The van der Waals surface area contributed by atoms with Crippen molar-refractivity contribution in [3.05, 3.63) is 18.0 Å². The van der Waals surface area contributed by atoms with Crippen molar-refractivity contribution in [2.75, 3.05) is 19.0 Å². The number of nitrogens with zero attached hydrogens (tertiary/aromatic N) is 3. The van der Waals surface area contributed by atoms with Gasteiger partial charge in [0, 0.05) is 20.3 Å². The second-order valence-electron chi connectivity index (χ2n) is 4.64. The first-order valence-electron chi connectivity index (χ1n) is 5.03. The summed E-state index contributed by atoms with van der Waals surface area (Å²) >= 11 is 0. The zero-order valence-corrected chi connectivity index (χ0v) is 10.3. The van der Waals surface area contributed by atoms with Gasteiger partial charge in [-0.3, -0.25) is 0 Å². The maximum absolute atomic E-state index is 11.7. The Morgan fingerprint density at radius 3 is 2.50 bits per heavy atom. The fourth-order valence-corrected chi connectivity index (χ4v) is 1.01. The quantitative estimate of drug-likeness (QED) is 0.711. The van der Waals surface area contributed by atoms with Crippen LogP contribution in [0.3, 0.4) is 0 Å². The smallest absolute Gasteiger partial charge is 0.357 e. The number of aromatic nitrogens is 2. The van der Waals surface area contributed by atoms with Crippen LogP contribution in [0.5, 0.6) is 0 Å². The van der Waals surface area contributed by atoms with Crippen molar-refractivity contribution in [1.29, 1.82) is 0 Å². The van der Waals surface area contributed by atoms with Gasteiger partial charge in [-0.15, -0.1) is 0 Å². The summed E-state index contributed by atoms with van der Waals surface area (Å²) in [5.74, 6) is 0.0568. The lowest BCUT2D eigenvalue weighted by molar-refractivity contribution is 0.00628. The third kappa shape index (κ3) is 3.49. The molecule has 1 aromatic heterocycles. The molecular formula is C11H17N3O2. The van der Waals surface area contributed by atoms with Crippen molar-refractivity contribution in [3.8, 4) is 0 Å². The summed E-state index contributed by atoms with van der Waals surface area (Å²) in [7, 11) is 3.63. The lowest BCUT2D eigenvalue weighted by atomic mass is 10.2. The van der Waals surface area contributed by atoms with E-state index in [1.54, 1.807) is 17.2 Å². The first-order chi connectivity index (χ1) is 7.29. The van der Waals surface area contributed by atoms with Crippen LogP contribution in [0.25, 0.3) is 0 Å². The Kier molecular flexibility index (Phi) is 3.47. The molecule has 88 valence electrons. The van der Waals surface area contributed by atoms with Gasteiger partial charge in [0.2, 0.25) is 5.95 Å². The summed E-state index contributed by atoms with van der Waals surface area (Å²) in [6.07, 6.45) is 1.54. The zero-order valence-electron chi connectivity index (χ0n) is 10.3. The van der Waals surface area contributed by atoms with Crippen LogP contribution in [-0.2, 0) is 4.74 Å². The standard InChI is InChI=1S/C11H17N3O2/c1-11(2,3)16-9(15)8-6-7-12-10(13-8)14(4)5/h6-7H,1-5H3. The highest BCUT2D eigenvalue weighted by atomic mass is 16.6. The molecule has 0 bridgehead atoms. The van der Waals surface area contributed by atoms with Crippen LogP contribution in [0.2, 0.25) is 0 Å². The molecule has 5 heteroatoms. The number of carbonyl (C=O) groups excluding carboxylic acids is 1. The fourth-order valence-electron chi connectivity index (χ4n) is 1.01. The molecule has 0 aliphatic carbocycles. The maximum Gasteiger partial charge on any atom is 0.357 e. The molecule has 5 nitrogen and oxygen atoms in total. The first-order valence-corrected chi connectivity index (χ1v) is 5.03. The van der Waals surface area contributed by atoms with Gasteiger partial charge in [0.15, 0.2) is 5.69 Å². The maximum atomic E-state index is 11.7. The van der Waals surface area contributed by atoms with Gasteiger partial charge in [0.1, 0.15) is 5.60 Å². The molecule has 0 radical (unpaired) electrons. The lowest BCUT2D eigenvalue weighted by Gasteiger charge is -2.19. The van der Waals surface area contributed by atoms with E-state index >= 15 is 0 Å². The van der Waals surface area contributed by atoms with Crippen LogP contribution >= 0.6 is 0 Å². The van der Waals surface area contributed by atoms with Crippen LogP contribution in [0, 0.1) is 0 Å². The Morgan fingerprint density at radius 2 is 2.00 bits per heavy atom. The van der Waals surface area contributed by atoms with Crippen LogP contribution in [0.15, 0.2) is 12.3 Å². The number of hydrogen-bond acceptors (Lipinski definition) is 5. The fraction of sp³-hybridized carbons (Fsp3) is 0.545. The van der Waals surface area contributed by atoms with E-state index in [-0.39, 0.29) is 5.69 Å². The monoisotopic (exact) mass is 223 g/mol. The number of carbonyl (C=O) groups is 1. The third-order valence-electron chi connectivity index (χ3n) is 1.65. The summed E-state index contributed by atoms with van der Waals surface area (Å²) < 4.78 is 5.21. The normalized spacial score (nSPS) is 11.1. The third-order valence-corrected chi connectivity index (χ3v) is 1.65. The second-order valence-corrected chi connectivity index (χ2v) is 4.64. The molecule has 0 amide bonds. The summed E-state index contributed by atoms with van der Waals surface area (Å²) in [6.45, 7) is 5.46. The molecule has 0 N–H and O–H groups in total. The summed E-state index contributed by atoms with van der Waals surface area (Å²) in [5.41, 5.74) is -0.242. The van der Waals surface area contributed by atoms with Gasteiger partial charge >= 0.3 is 5.97 Å². The number of hydrogen-bond donors (Lipinski definition) is 0. The van der Waals surface area contributed by atoms with E-state index in [1.165, 1.54) is 0 Å². The van der Waals surface area contributed by atoms with Crippen molar-refractivity contribution in [2.24, 2.45) is 0 Å². The number of esters is 1. The van der Waals surface area contributed by atoms with Crippen molar-refractivity contribution in [3.63, 3.8) is 0 Å². The molecule has 1 rings (SSSR count). The molecule has 0 spiro atoms. The summed E-state index contributed by atoms with van der Waals surface area (Å²) in [5, 5.41) is 0. The highest BCUT2D eigenvalue weighted by Gasteiger charge is 2.19. The van der Waals surface area contributed by atoms with Crippen LogP contribution in [-0.4, -0.2) is 35.6 Å². The van der Waals surface area contributed by atoms with Crippen molar-refractivity contribution >= 4 is 11.9 Å². The molecular weight excluding hydrogens is 206 g/mol. The van der Waals surface area contributed by atoms with E-state index < -0.39 is 11.6 Å². The molecule has 1 heterocycles. The van der Waals surface area contributed by atoms with Crippen LogP contribution in [0.4, 0.5) is 5.95 Å². The minimum absolute atomic E-state index is 0.272. The average Bonchev–Trinajstić information content (AvgIpc) is 2.15. The second kappa shape index (κ2) is 4.47. The van der Waals surface area contributed by atoms with Crippen molar-refractivity contribution < 1.29 is 9.53 Å². The van der Waals surface area contributed by atoms with Gasteiger partial charge in [0.05, 0.1) is 0 Å². The molecule has 1 aromatic rings.